The second-order valence-electron chi connectivity index (χ2n) is 4.80. The Hall–Kier alpha value is -0.910. The van der Waals surface area contributed by atoms with E-state index in [2.05, 4.69) is 4.72 Å². The molecule has 1 rings (SSSR count). The first kappa shape index (κ1) is 16.1. The number of benzene rings is 1. The highest BCUT2D eigenvalue weighted by Gasteiger charge is 2.23. The van der Waals surface area contributed by atoms with Crippen LogP contribution in [0.3, 0.4) is 0 Å². The quantitative estimate of drug-likeness (QED) is 0.806. The molecule has 0 radical (unpaired) electrons. The maximum absolute atomic E-state index is 12.3. The molecule has 3 N–H and O–H groups in total. The lowest BCUT2D eigenvalue weighted by atomic mass is 9.92. The zero-order chi connectivity index (χ0) is 14.5. The van der Waals surface area contributed by atoms with Gasteiger partial charge in [-0.1, -0.05) is 39.0 Å². The monoisotopic (exact) mass is 284 g/mol. The van der Waals surface area contributed by atoms with Crippen LogP contribution in [-0.2, 0) is 10.0 Å². The summed E-state index contributed by atoms with van der Waals surface area (Å²) in [6.07, 6.45) is 1.59. The SMILES string of the molecule is CCCNS(=O)(=O)c1ccccc1C(C)C(N)CC. The molecule has 0 amide bonds. The third-order valence-electron chi connectivity index (χ3n) is 3.35. The van der Waals surface area contributed by atoms with Crippen molar-refractivity contribution in [3.63, 3.8) is 0 Å². The Balaban J connectivity index is 3.15. The van der Waals surface area contributed by atoms with Crippen molar-refractivity contribution >= 4 is 10.0 Å². The van der Waals surface area contributed by atoms with Gasteiger partial charge in [-0.15, -0.1) is 0 Å². The highest BCUT2D eigenvalue weighted by Crippen LogP contribution is 2.26. The van der Waals surface area contributed by atoms with Crippen molar-refractivity contribution in [3.05, 3.63) is 29.8 Å². The Kier molecular flexibility index (Phi) is 5.97. The van der Waals surface area contributed by atoms with Gasteiger partial charge in [0.05, 0.1) is 4.90 Å². The molecule has 5 heteroatoms. The molecule has 1 aromatic carbocycles. The Morgan fingerprint density at radius 2 is 1.89 bits per heavy atom. The van der Waals surface area contributed by atoms with E-state index in [1.807, 2.05) is 32.9 Å². The summed E-state index contributed by atoms with van der Waals surface area (Å²) < 4.78 is 27.2. The average molecular weight is 284 g/mol. The van der Waals surface area contributed by atoms with Crippen LogP contribution in [0.5, 0.6) is 0 Å². The van der Waals surface area contributed by atoms with Gasteiger partial charge in [-0.3, -0.25) is 0 Å². The summed E-state index contributed by atoms with van der Waals surface area (Å²) in [6.45, 7) is 6.37. The van der Waals surface area contributed by atoms with Crippen molar-refractivity contribution in [1.29, 1.82) is 0 Å². The third kappa shape index (κ3) is 4.03. The smallest absolute Gasteiger partial charge is 0.240 e. The summed E-state index contributed by atoms with van der Waals surface area (Å²) in [6, 6.07) is 7.05. The van der Waals surface area contributed by atoms with Gasteiger partial charge in [0.2, 0.25) is 10.0 Å². The Morgan fingerprint density at radius 3 is 2.47 bits per heavy atom. The van der Waals surface area contributed by atoms with E-state index in [0.29, 0.717) is 11.4 Å². The summed E-state index contributed by atoms with van der Waals surface area (Å²) in [5.41, 5.74) is 6.84. The van der Waals surface area contributed by atoms with E-state index in [1.165, 1.54) is 0 Å². The second kappa shape index (κ2) is 7.03. The Bertz CT molecular complexity index is 500. The van der Waals surface area contributed by atoms with E-state index in [1.54, 1.807) is 12.1 Å². The maximum Gasteiger partial charge on any atom is 0.240 e. The summed E-state index contributed by atoms with van der Waals surface area (Å²) in [5.74, 6) is 0.0133. The largest absolute Gasteiger partial charge is 0.327 e. The molecule has 0 fully saturated rings. The molecule has 2 unspecified atom stereocenters. The molecule has 0 aliphatic carbocycles. The third-order valence-corrected chi connectivity index (χ3v) is 4.89. The molecule has 0 heterocycles. The van der Waals surface area contributed by atoms with Gasteiger partial charge >= 0.3 is 0 Å². The van der Waals surface area contributed by atoms with Crippen molar-refractivity contribution in [3.8, 4) is 0 Å². The Labute approximate surface area is 116 Å². The number of nitrogens with two attached hydrogens (primary N) is 1. The zero-order valence-electron chi connectivity index (χ0n) is 11.9. The van der Waals surface area contributed by atoms with E-state index in [0.717, 1.165) is 18.4 Å². The minimum Gasteiger partial charge on any atom is -0.327 e. The standard InChI is InChI=1S/C14H24N2O2S/c1-4-10-16-19(17,18)14-9-7-6-8-12(14)11(3)13(15)5-2/h6-9,11,13,16H,4-5,10,15H2,1-3H3. The molecule has 0 saturated carbocycles. The summed E-state index contributed by atoms with van der Waals surface area (Å²) >= 11 is 0. The second-order valence-corrected chi connectivity index (χ2v) is 6.53. The van der Waals surface area contributed by atoms with Crippen LogP contribution in [0.15, 0.2) is 29.2 Å². The molecule has 0 bridgehead atoms. The van der Waals surface area contributed by atoms with Crippen molar-refractivity contribution in [2.45, 2.75) is 50.5 Å². The number of nitrogens with one attached hydrogen (secondary N) is 1. The molecular formula is C14H24N2O2S. The van der Waals surface area contributed by atoms with Gasteiger partial charge in [0.15, 0.2) is 0 Å². The van der Waals surface area contributed by atoms with Crippen molar-refractivity contribution < 1.29 is 8.42 Å². The number of hydrogen-bond donors (Lipinski definition) is 2. The van der Waals surface area contributed by atoms with Gasteiger partial charge < -0.3 is 5.73 Å². The lowest BCUT2D eigenvalue weighted by molar-refractivity contribution is 0.538. The van der Waals surface area contributed by atoms with E-state index in [4.69, 9.17) is 5.73 Å². The summed E-state index contributed by atoms with van der Waals surface area (Å²) in [5, 5.41) is 0. The predicted molar refractivity (Wildman–Crippen MR) is 78.6 cm³/mol. The van der Waals surface area contributed by atoms with Crippen molar-refractivity contribution in [2.24, 2.45) is 5.73 Å². The number of rotatable bonds is 7. The van der Waals surface area contributed by atoms with Crippen LogP contribution in [0, 0.1) is 0 Å². The molecule has 4 nitrogen and oxygen atoms in total. The molecule has 0 spiro atoms. The fourth-order valence-electron chi connectivity index (χ4n) is 2.00. The number of sulfonamides is 1. The molecule has 2 atom stereocenters. The predicted octanol–water partition coefficient (Wildman–Crippen LogP) is 2.22. The summed E-state index contributed by atoms with van der Waals surface area (Å²) in [7, 11) is -3.45. The van der Waals surface area contributed by atoms with Crippen molar-refractivity contribution in [2.75, 3.05) is 6.54 Å². The van der Waals surface area contributed by atoms with Gasteiger partial charge in [-0.05, 0) is 30.4 Å². The zero-order valence-corrected chi connectivity index (χ0v) is 12.7. The first-order chi connectivity index (χ1) is 8.94. The lowest BCUT2D eigenvalue weighted by Crippen LogP contribution is -2.29. The molecule has 1 aromatic rings. The van der Waals surface area contributed by atoms with Crippen LogP contribution in [-0.4, -0.2) is 21.0 Å². The van der Waals surface area contributed by atoms with Crippen LogP contribution >= 0.6 is 0 Å². The van der Waals surface area contributed by atoms with Crippen LogP contribution in [0.4, 0.5) is 0 Å². The fourth-order valence-corrected chi connectivity index (χ4v) is 3.45. The van der Waals surface area contributed by atoms with E-state index >= 15 is 0 Å². The molecule has 0 aliphatic rings. The van der Waals surface area contributed by atoms with Gasteiger partial charge in [0.1, 0.15) is 0 Å². The maximum atomic E-state index is 12.3. The van der Waals surface area contributed by atoms with Gasteiger partial charge in [0, 0.05) is 12.6 Å². The van der Waals surface area contributed by atoms with Gasteiger partial charge in [-0.2, -0.15) is 0 Å². The van der Waals surface area contributed by atoms with Gasteiger partial charge in [0.25, 0.3) is 0 Å². The normalized spacial score (nSPS) is 15.2. The molecule has 108 valence electrons. The molecule has 0 aliphatic heterocycles. The van der Waals surface area contributed by atoms with Crippen LogP contribution < -0.4 is 10.5 Å². The minimum atomic E-state index is -3.45. The van der Waals surface area contributed by atoms with Crippen LogP contribution in [0.25, 0.3) is 0 Å². The first-order valence-electron chi connectivity index (χ1n) is 6.78. The van der Waals surface area contributed by atoms with Crippen LogP contribution in [0.2, 0.25) is 0 Å². The average Bonchev–Trinajstić information content (AvgIpc) is 2.43. The fraction of sp³-hybridized carbons (Fsp3) is 0.571. The van der Waals surface area contributed by atoms with Crippen LogP contribution in [0.1, 0.15) is 45.1 Å². The lowest BCUT2D eigenvalue weighted by Gasteiger charge is -2.21. The molecule has 0 aromatic heterocycles. The minimum absolute atomic E-state index is 0.0133. The topological polar surface area (TPSA) is 72.2 Å². The van der Waals surface area contributed by atoms with E-state index < -0.39 is 10.0 Å². The molecule has 19 heavy (non-hydrogen) atoms. The molecule has 0 saturated heterocycles. The van der Waals surface area contributed by atoms with E-state index in [-0.39, 0.29) is 12.0 Å². The number of hydrogen-bond acceptors (Lipinski definition) is 3. The molecular weight excluding hydrogens is 260 g/mol. The van der Waals surface area contributed by atoms with E-state index in [9.17, 15) is 8.42 Å². The Morgan fingerprint density at radius 1 is 1.26 bits per heavy atom. The van der Waals surface area contributed by atoms with Crippen molar-refractivity contribution in [1.82, 2.24) is 4.72 Å². The summed E-state index contributed by atoms with van der Waals surface area (Å²) in [4.78, 5) is 0.347. The first-order valence-corrected chi connectivity index (χ1v) is 8.26. The highest BCUT2D eigenvalue weighted by atomic mass is 32.2. The van der Waals surface area contributed by atoms with Gasteiger partial charge in [-0.25, -0.2) is 13.1 Å². The highest BCUT2D eigenvalue weighted by molar-refractivity contribution is 7.89.